The lowest BCUT2D eigenvalue weighted by Gasteiger charge is -2.37. The minimum Gasteiger partial charge on any atom is -0.371 e. The second-order valence-corrected chi connectivity index (χ2v) is 9.56. The van der Waals surface area contributed by atoms with Gasteiger partial charge in [-0.2, -0.15) is 5.10 Å². The summed E-state index contributed by atoms with van der Waals surface area (Å²) < 4.78 is 2.21. The number of aromatic nitrogens is 2. The number of benzene rings is 5. The maximum atomic E-state index is 5.29. The number of hydrogen-bond acceptors (Lipinski definition) is 2. The van der Waals surface area contributed by atoms with E-state index in [0.29, 0.717) is 0 Å². The summed E-state index contributed by atoms with van der Waals surface area (Å²) in [5.74, 6) is 0.864. The summed E-state index contributed by atoms with van der Waals surface area (Å²) in [6.07, 6.45) is 0.992. The zero-order valence-corrected chi connectivity index (χ0v) is 21.8. The average Bonchev–Trinajstić information content (AvgIpc) is 3.37. The van der Waals surface area contributed by atoms with E-state index in [9.17, 15) is 0 Å². The van der Waals surface area contributed by atoms with Gasteiger partial charge in [0.1, 0.15) is 5.54 Å². The van der Waals surface area contributed by atoms with Crippen LogP contribution in [0.5, 0.6) is 0 Å². The van der Waals surface area contributed by atoms with E-state index in [1.807, 2.05) is 7.05 Å². The van der Waals surface area contributed by atoms with E-state index < -0.39 is 5.54 Å². The Bertz CT molecular complexity index is 1570. The zero-order valence-electron chi connectivity index (χ0n) is 21.8. The Morgan fingerprint density at radius 2 is 1.18 bits per heavy atom. The molecule has 0 saturated heterocycles. The Kier molecular flexibility index (Phi) is 6.27. The van der Waals surface area contributed by atoms with Crippen LogP contribution >= 0.6 is 0 Å². The summed E-state index contributed by atoms with van der Waals surface area (Å²) in [4.78, 5) is 0. The van der Waals surface area contributed by atoms with Crippen LogP contribution in [0, 0.1) is 0 Å². The van der Waals surface area contributed by atoms with Gasteiger partial charge < -0.3 is 5.32 Å². The lowest BCUT2D eigenvalue weighted by Crippen LogP contribution is -2.38. The van der Waals surface area contributed by atoms with Gasteiger partial charge in [0.05, 0.1) is 5.52 Å². The van der Waals surface area contributed by atoms with Crippen LogP contribution in [0.2, 0.25) is 0 Å². The van der Waals surface area contributed by atoms with Gasteiger partial charge in [0.2, 0.25) is 0 Å². The number of nitrogens with zero attached hydrogens (tertiary/aromatic N) is 2. The zero-order chi connectivity index (χ0) is 26.0. The Morgan fingerprint density at radius 3 is 1.71 bits per heavy atom. The van der Waals surface area contributed by atoms with Gasteiger partial charge >= 0.3 is 0 Å². The van der Waals surface area contributed by atoms with Crippen LogP contribution in [0.25, 0.3) is 22.0 Å². The minimum atomic E-state index is -0.667. The van der Waals surface area contributed by atoms with Crippen molar-refractivity contribution in [3.63, 3.8) is 0 Å². The molecule has 1 N–H and O–H groups in total. The van der Waals surface area contributed by atoms with Crippen LogP contribution in [0.3, 0.4) is 0 Å². The smallest absolute Gasteiger partial charge is 0.155 e. The molecule has 1 heterocycles. The van der Waals surface area contributed by atoms with Crippen molar-refractivity contribution in [2.75, 3.05) is 12.4 Å². The quantitative estimate of drug-likeness (QED) is 0.227. The highest BCUT2D eigenvalue weighted by Crippen LogP contribution is 2.44. The lowest BCUT2D eigenvalue weighted by molar-refractivity contribution is 0.477. The van der Waals surface area contributed by atoms with Crippen LogP contribution in [0.15, 0.2) is 133 Å². The van der Waals surface area contributed by atoms with E-state index in [1.165, 1.54) is 16.7 Å². The molecule has 0 bridgehead atoms. The van der Waals surface area contributed by atoms with E-state index in [2.05, 4.69) is 150 Å². The first-order chi connectivity index (χ1) is 18.8. The molecule has 0 atom stereocenters. The summed E-state index contributed by atoms with van der Waals surface area (Å²) >= 11 is 0. The summed E-state index contributed by atoms with van der Waals surface area (Å²) in [6, 6.07) is 47.5. The predicted octanol–water partition coefficient (Wildman–Crippen LogP) is 8.15. The molecule has 6 aromatic rings. The molecule has 3 heteroatoms. The van der Waals surface area contributed by atoms with Gasteiger partial charge in [-0.15, -0.1) is 0 Å². The fourth-order valence-corrected chi connectivity index (χ4v) is 5.74. The number of rotatable bonds is 7. The van der Waals surface area contributed by atoms with Gasteiger partial charge in [0.25, 0.3) is 0 Å². The molecule has 186 valence electrons. The van der Waals surface area contributed by atoms with Gasteiger partial charge in [-0.25, -0.2) is 4.68 Å². The number of nitrogens with one attached hydrogen (secondary N) is 1. The van der Waals surface area contributed by atoms with Crippen LogP contribution < -0.4 is 5.32 Å². The molecule has 5 aromatic carbocycles. The molecule has 0 saturated carbocycles. The highest BCUT2D eigenvalue weighted by molar-refractivity contribution is 5.94. The molecule has 0 aliphatic carbocycles. The van der Waals surface area contributed by atoms with Crippen LogP contribution in [0.1, 0.15) is 29.2 Å². The molecule has 0 aliphatic rings. The van der Waals surface area contributed by atoms with Crippen molar-refractivity contribution in [3.05, 3.63) is 156 Å². The average molecular weight is 494 g/mol. The fraction of sp³-hybridized carbons (Fsp3) is 0.114. The molecule has 1 aromatic heterocycles. The van der Waals surface area contributed by atoms with Crippen LogP contribution in [-0.4, -0.2) is 16.8 Å². The molecule has 38 heavy (non-hydrogen) atoms. The van der Waals surface area contributed by atoms with Crippen molar-refractivity contribution >= 4 is 16.7 Å². The molecule has 0 fully saturated rings. The number of hydrogen-bond donors (Lipinski definition) is 1. The Morgan fingerprint density at radius 1 is 0.658 bits per heavy atom. The minimum absolute atomic E-state index is 0.667. The van der Waals surface area contributed by atoms with Gasteiger partial charge in [0, 0.05) is 12.4 Å². The third kappa shape index (κ3) is 3.79. The Balaban J connectivity index is 1.71. The third-order valence-electron chi connectivity index (χ3n) is 7.52. The SMILES string of the molecule is CCc1ccccc1-c1ccc2c(c1)c(NC)nn2C(c1ccccc1)(c1ccccc1)c1ccccc1. The van der Waals surface area contributed by atoms with Crippen molar-refractivity contribution in [1.82, 2.24) is 9.78 Å². The standard InChI is InChI=1S/C35H31N3/c1-3-26-15-13-14-22-31(26)27-23-24-33-32(25-27)34(36-2)37-38(33)35(28-16-7-4-8-17-28,29-18-9-5-10-19-29)30-20-11-6-12-21-30/h4-25H,3H2,1-2H3,(H,36,37). The molecule has 0 spiro atoms. The Labute approximate surface area is 224 Å². The van der Waals surface area contributed by atoms with E-state index >= 15 is 0 Å². The third-order valence-corrected chi connectivity index (χ3v) is 7.52. The van der Waals surface area contributed by atoms with Crippen molar-refractivity contribution < 1.29 is 0 Å². The van der Waals surface area contributed by atoms with Crippen LogP contribution in [-0.2, 0) is 12.0 Å². The molecular weight excluding hydrogens is 462 g/mol. The predicted molar refractivity (Wildman–Crippen MR) is 159 cm³/mol. The van der Waals surface area contributed by atoms with Crippen molar-refractivity contribution in [2.24, 2.45) is 0 Å². The second kappa shape index (κ2) is 10.0. The fourth-order valence-electron chi connectivity index (χ4n) is 5.74. The van der Waals surface area contributed by atoms with Crippen molar-refractivity contribution in [1.29, 1.82) is 0 Å². The van der Waals surface area contributed by atoms with E-state index in [4.69, 9.17) is 5.10 Å². The van der Waals surface area contributed by atoms with Gasteiger partial charge in [-0.3, -0.25) is 0 Å². The topological polar surface area (TPSA) is 29.9 Å². The number of anilines is 1. The number of aryl methyl sites for hydroxylation is 1. The second-order valence-electron chi connectivity index (χ2n) is 9.56. The first-order valence-corrected chi connectivity index (χ1v) is 13.2. The van der Waals surface area contributed by atoms with Crippen molar-refractivity contribution in [2.45, 2.75) is 18.9 Å². The lowest BCUT2D eigenvalue weighted by atomic mass is 9.77. The van der Waals surface area contributed by atoms with Crippen LogP contribution in [0.4, 0.5) is 5.82 Å². The van der Waals surface area contributed by atoms with Crippen molar-refractivity contribution in [3.8, 4) is 11.1 Å². The summed E-state index contributed by atoms with van der Waals surface area (Å²) in [5.41, 5.74) is 7.70. The highest BCUT2D eigenvalue weighted by atomic mass is 15.4. The molecule has 0 unspecified atom stereocenters. The van der Waals surface area contributed by atoms with Gasteiger partial charge in [-0.05, 0) is 51.9 Å². The largest absolute Gasteiger partial charge is 0.371 e. The summed E-state index contributed by atoms with van der Waals surface area (Å²) in [6.45, 7) is 2.21. The first-order valence-electron chi connectivity index (χ1n) is 13.2. The molecule has 6 rings (SSSR count). The van der Waals surface area contributed by atoms with E-state index in [-0.39, 0.29) is 0 Å². The number of fused-ring (bicyclic) bond motifs is 1. The summed E-state index contributed by atoms with van der Waals surface area (Å²) in [7, 11) is 1.95. The molecule has 0 amide bonds. The summed E-state index contributed by atoms with van der Waals surface area (Å²) in [5, 5.41) is 9.78. The Hall–Kier alpha value is -4.63. The highest BCUT2D eigenvalue weighted by Gasteiger charge is 2.40. The van der Waals surface area contributed by atoms with Gasteiger partial charge in [0.15, 0.2) is 5.82 Å². The van der Waals surface area contributed by atoms with E-state index in [1.54, 1.807) is 0 Å². The first kappa shape index (κ1) is 23.7. The maximum absolute atomic E-state index is 5.29. The molecule has 0 radical (unpaired) electrons. The normalized spacial score (nSPS) is 11.5. The maximum Gasteiger partial charge on any atom is 0.155 e. The van der Waals surface area contributed by atoms with E-state index in [0.717, 1.165) is 39.8 Å². The molecular formula is C35H31N3. The monoisotopic (exact) mass is 493 g/mol. The molecule has 0 aliphatic heterocycles. The van der Waals surface area contributed by atoms with Gasteiger partial charge in [-0.1, -0.05) is 128 Å². The molecule has 3 nitrogen and oxygen atoms in total.